The second-order valence-corrected chi connectivity index (χ2v) is 7.25. The SMILES string of the molecule is CCCCCc1ccc(-c2ccc(-c3ccc(OCC)cc3)c(C#N)c2C#N)cc1. The van der Waals surface area contributed by atoms with Gasteiger partial charge < -0.3 is 4.74 Å². The van der Waals surface area contributed by atoms with Crippen molar-refractivity contribution in [2.24, 2.45) is 0 Å². The summed E-state index contributed by atoms with van der Waals surface area (Å²) >= 11 is 0. The molecule has 0 aliphatic rings. The molecule has 0 aliphatic carbocycles. The van der Waals surface area contributed by atoms with Gasteiger partial charge in [0.1, 0.15) is 17.9 Å². The van der Waals surface area contributed by atoms with Crippen LogP contribution in [-0.2, 0) is 6.42 Å². The highest BCUT2D eigenvalue weighted by Crippen LogP contribution is 2.33. The molecular formula is C27H26N2O. The van der Waals surface area contributed by atoms with E-state index in [0.717, 1.165) is 34.4 Å². The van der Waals surface area contributed by atoms with E-state index in [4.69, 9.17) is 4.74 Å². The van der Waals surface area contributed by atoms with Crippen LogP contribution in [0.4, 0.5) is 0 Å². The Balaban J connectivity index is 1.96. The van der Waals surface area contributed by atoms with Crippen LogP contribution in [0.3, 0.4) is 0 Å². The molecule has 30 heavy (non-hydrogen) atoms. The van der Waals surface area contributed by atoms with Crippen LogP contribution in [0.5, 0.6) is 5.75 Å². The minimum atomic E-state index is 0.409. The monoisotopic (exact) mass is 394 g/mol. The first-order valence-corrected chi connectivity index (χ1v) is 10.5. The zero-order valence-electron chi connectivity index (χ0n) is 17.6. The summed E-state index contributed by atoms with van der Waals surface area (Å²) in [5.74, 6) is 0.788. The molecule has 3 nitrogen and oxygen atoms in total. The maximum atomic E-state index is 9.85. The van der Waals surface area contributed by atoms with Crippen molar-refractivity contribution in [3.63, 3.8) is 0 Å². The highest BCUT2D eigenvalue weighted by atomic mass is 16.5. The number of hydrogen-bond acceptors (Lipinski definition) is 3. The molecule has 0 aromatic heterocycles. The average molecular weight is 395 g/mol. The lowest BCUT2D eigenvalue weighted by Gasteiger charge is -2.12. The molecule has 0 unspecified atom stereocenters. The van der Waals surface area contributed by atoms with Crippen LogP contribution in [0, 0.1) is 22.7 Å². The van der Waals surface area contributed by atoms with E-state index in [-0.39, 0.29) is 0 Å². The van der Waals surface area contributed by atoms with Crippen molar-refractivity contribution >= 4 is 0 Å². The Morgan fingerprint density at radius 2 is 1.23 bits per heavy atom. The molecule has 0 saturated heterocycles. The Bertz CT molecular complexity index is 1070. The van der Waals surface area contributed by atoms with Crippen molar-refractivity contribution in [1.82, 2.24) is 0 Å². The fourth-order valence-electron chi connectivity index (χ4n) is 3.64. The number of aryl methyl sites for hydroxylation is 1. The van der Waals surface area contributed by atoms with Gasteiger partial charge in [-0.25, -0.2) is 0 Å². The quantitative estimate of drug-likeness (QED) is 0.391. The molecular weight excluding hydrogens is 368 g/mol. The number of ether oxygens (including phenoxy) is 1. The predicted octanol–water partition coefficient (Wildman–Crippen LogP) is 6.90. The molecule has 0 bridgehead atoms. The Hall–Kier alpha value is -3.56. The first-order valence-electron chi connectivity index (χ1n) is 10.5. The van der Waals surface area contributed by atoms with Crippen molar-refractivity contribution < 1.29 is 4.74 Å². The van der Waals surface area contributed by atoms with Gasteiger partial charge in [0.05, 0.1) is 17.7 Å². The molecule has 0 saturated carbocycles. The Morgan fingerprint density at radius 3 is 1.70 bits per heavy atom. The molecule has 0 fully saturated rings. The molecule has 0 amide bonds. The van der Waals surface area contributed by atoms with Crippen LogP contribution in [-0.4, -0.2) is 6.61 Å². The van der Waals surface area contributed by atoms with Gasteiger partial charge in [0.2, 0.25) is 0 Å². The average Bonchev–Trinajstić information content (AvgIpc) is 2.79. The fraction of sp³-hybridized carbons (Fsp3) is 0.259. The summed E-state index contributed by atoms with van der Waals surface area (Å²) in [4.78, 5) is 0. The van der Waals surface area contributed by atoms with E-state index < -0.39 is 0 Å². The zero-order chi connectivity index (χ0) is 21.3. The fourth-order valence-corrected chi connectivity index (χ4v) is 3.64. The second-order valence-electron chi connectivity index (χ2n) is 7.25. The van der Waals surface area contributed by atoms with Gasteiger partial charge in [0.25, 0.3) is 0 Å². The van der Waals surface area contributed by atoms with Crippen molar-refractivity contribution in [1.29, 1.82) is 10.5 Å². The van der Waals surface area contributed by atoms with Crippen LogP contribution >= 0.6 is 0 Å². The van der Waals surface area contributed by atoms with Gasteiger partial charge in [-0.15, -0.1) is 0 Å². The van der Waals surface area contributed by atoms with E-state index in [9.17, 15) is 10.5 Å². The Kier molecular flexibility index (Phi) is 7.25. The topological polar surface area (TPSA) is 56.8 Å². The first kappa shape index (κ1) is 21.2. The van der Waals surface area contributed by atoms with Crippen LogP contribution in [0.25, 0.3) is 22.3 Å². The number of unbranched alkanes of at least 4 members (excludes halogenated alkanes) is 2. The van der Waals surface area contributed by atoms with Gasteiger partial charge in [-0.3, -0.25) is 0 Å². The molecule has 3 aromatic rings. The number of benzene rings is 3. The molecule has 0 heterocycles. The smallest absolute Gasteiger partial charge is 0.119 e. The molecule has 3 heteroatoms. The largest absolute Gasteiger partial charge is 0.494 e. The summed E-state index contributed by atoms with van der Waals surface area (Å²) in [6.45, 7) is 4.75. The third kappa shape index (κ3) is 4.70. The van der Waals surface area contributed by atoms with E-state index in [1.807, 2.05) is 43.3 Å². The van der Waals surface area contributed by atoms with Crippen molar-refractivity contribution in [2.45, 2.75) is 39.5 Å². The van der Waals surface area contributed by atoms with E-state index in [1.165, 1.54) is 24.8 Å². The molecule has 3 aromatic carbocycles. The lowest BCUT2D eigenvalue weighted by molar-refractivity contribution is 0.340. The lowest BCUT2D eigenvalue weighted by Crippen LogP contribution is -1.95. The predicted molar refractivity (Wildman–Crippen MR) is 121 cm³/mol. The summed E-state index contributed by atoms with van der Waals surface area (Å²) in [6, 6.07) is 24.4. The standard InChI is InChI=1S/C27H26N2O/c1-3-5-6-7-20-8-10-21(11-9-20)24-16-17-25(27(19-29)26(24)18-28)22-12-14-23(15-13-22)30-4-2/h8-17H,3-7H2,1-2H3. The van der Waals surface area contributed by atoms with Crippen LogP contribution in [0.2, 0.25) is 0 Å². The maximum Gasteiger partial charge on any atom is 0.119 e. The van der Waals surface area contributed by atoms with Crippen LogP contribution < -0.4 is 4.74 Å². The highest BCUT2D eigenvalue weighted by molar-refractivity contribution is 5.82. The number of nitriles is 2. The van der Waals surface area contributed by atoms with E-state index in [2.05, 4.69) is 43.3 Å². The van der Waals surface area contributed by atoms with Crippen LogP contribution in [0.15, 0.2) is 60.7 Å². The summed E-state index contributed by atoms with van der Waals surface area (Å²) < 4.78 is 5.50. The van der Waals surface area contributed by atoms with Crippen molar-refractivity contribution in [2.75, 3.05) is 6.61 Å². The molecule has 0 spiro atoms. The summed E-state index contributed by atoms with van der Waals surface area (Å²) in [6.07, 6.45) is 4.70. The third-order valence-corrected chi connectivity index (χ3v) is 5.24. The van der Waals surface area contributed by atoms with E-state index in [0.29, 0.717) is 17.7 Å². The molecule has 0 radical (unpaired) electrons. The zero-order valence-corrected chi connectivity index (χ0v) is 17.6. The number of rotatable bonds is 8. The Labute approximate surface area is 179 Å². The van der Waals surface area contributed by atoms with Gasteiger partial charge in [-0.05, 0) is 48.6 Å². The van der Waals surface area contributed by atoms with Crippen molar-refractivity contribution in [3.05, 3.63) is 77.4 Å². The lowest BCUT2D eigenvalue weighted by atomic mass is 9.90. The summed E-state index contributed by atoms with van der Waals surface area (Å²) in [5.41, 5.74) is 5.54. The molecule has 3 rings (SSSR count). The van der Waals surface area contributed by atoms with E-state index in [1.54, 1.807) is 0 Å². The highest BCUT2D eigenvalue weighted by Gasteiger charge is 2.16. The van der Waals surface area contributed by atoms with Crippen LogP contribution in [0.1, 0.15) is 49.8 Å². The van der Waals surface area contributed by atoms with Gasteiger partial charge in [0, 0.05) is 11.1 Å². The number of nitrogens with zero attached hydrogens (tertiary/aromatic N) is 2. The summed E-state index contributed by atoms with van der Waals surface area (Å²) in [7, 11) is 0. The van der Waals surface area contributed by atoms with E-state index >= 15 is 0 Å². The second kappa shape index (κ2) is 10.3. The van der Waals surface area contributed by atoms with Gasteiger partial charge in [-0.2, -0.15) is 10.5 Å². The number of hydrogen-bond donors (Lipinski definition) is 0. The van der Waals surface area contributed by atoms with Crippen molar-refractivity contribution in [3.8, 4) is 40.1 Å². The molecule has 0 N–H and O–H groups in total. The molecule has 150 valence electrons. The maximum absolute atomic E-state index is 9.85. The van der Waals surface area contributed by atoms with Gasteiger partial charge in [-0.1, -0.05) is 68.3 Å². The first-order chi connectivity index (χ1) is 14.7. The Morgan fingerprint density at radius 1 is 0.700 bits per heavy atom. The normalized spacial score (nSPS) is 10.3. The third-order valence-electron chi connectivity index (χ3n) is 5.24. The minimum absolute atomic E-state index is 0.409. The minimum Gasteiger partial charge on any atom is -0.494 e. The molecule has 0 atom stereocenters. The van der Waals surface area contributed by atoms with Gasteiger partial charge >= 0.3 is 0 Å². The molecule has 0 aliphatic heterocycles. The summed E-state index contributed by atoms with van der Waals surface area (Å²) in [5, 5.41) is 19.7. The van der Waals surface area contributed by atoms with Gasteiger partial charge in [0.15, 0.2) is 0 Å².